The second kappa shape index (κ2) is 13.3. The van der Waals surface area contributed by atoms with E-state index in [1.807, 2.05) is 4.90 Å². The van der Waals surface area contributed by atoms with Gasteiger partial charge in [-0.25, -0.2) is 0 Å². The second-order valence-corrected chi connectivity index (χ2v) is 14.8. The summed E-state index contributed by atoms with van der Waals surface area (Å²) >= 11 is 2.06. The molecule has 1 heterocycles. The largest absolute Gasteiger partial charge is 0.493 e. The van der Waals surface area contributed by atoms with Gasteiger partial charge in [0.15, 0.2) is 11.5 Å². The van der Waals surface area contributed by atoms with E-state index in [2.05, 4.69) is 27.9 Å². The van der Waals surface area contributed by atoms with Crippen LogP contribution in [0.15, 0.2) is 23.8 Å². The molecule has 4 saturated carbocycles. The van der Waals surface area contributed by atoms with Crippen molar-refractivity contribution in [1.29, 1.82) is 0 Å². The maximum atomic E-state index is 14.3. The minimum Gasteiger partial charge on any atom is -0.493 e. The Labute approximate surface area is 272 Å². The normalized spacial score (nSPS) is 33.9. The summed E-state index contributed by atoms with van der Waals surface area (Å²) in [7, 11) is 1.48. The maximum absolute atomic E-state index is 14.3. The molecule has 0 spiro atoms. The lowest BCUT2D eigenvalue weighted by atomic mass is 9.49. The number of aldehydes is 1. The lowest BCUT2D eigenvalue weighted by Gasteiger charge is -2.58. The van der Waals surface area contributed by atoms with Gasteiger partial charge in [-0.15, -0.1) is 0 Å². The zero-order chi connectivity index (χ0) is 31.0. The summed E-state index contributed by atoms with van der Waals surface area (Å²) in [5, 5.41) is 24.1. The summed E-state index contributed by atoms with van der Waals surface area (Å²) in [5.74, 6) is 2.09. The number of rotatable bonds is 11. The monoisotopic (exact) mass is 722 g/mol. The van der Waals surface area contributed by atoms with E-state index in [9.17, 15) is 24.6 Å². The third-order valence-electron chi connectivity index (χ3n) is 10.5. The number of methoxy groups -OCH3 is 1. The van der Waals surface area contributed by atoms with Gasteiger partial charge in [-0.2, -0.15) is 0 Å². The van der Waals surface area contributed by atoms with Crippen molar-refractivity contribution in [2.24, 2.45) is 29.1 Å². The third kappa shape index (κ3) is 6.39. The number of amides is 2. The molecule has 5 aliphatic carbocycles. The zero-order valence-electron chi connectivity index (χ0n) is 25.2. The molecule has 5 fully saturated rings. The van der Waals surface area contributed by atoms with Crippen LogP contribution in [-0.4, -0.2) is 91.5 Å². The summed E-state index contributed by atoms with van der Waals surface area (Å²) in [6, 6.07) is 2.54. The highest BCUT2D eigenvalue weighted by Gasteiger charge is 2.53. The molecule has 0 radical (unpaired) electrons. The molecule has 240 valence electrons. The molecule has 10 nitrogen and oxygen atoms in total. The van der Waals surface area contributed by atoms with Crippen molar-refractivity contribution in [2.75, 3.05) is 40.0 Å². The van der Waals surface area contributed by atoms with E-state index in [4.69, 9.17) is 14.2 Å². The van der Waals surface area contributed by atoms with Gasteiger partial charge < -0.3 is 34.6 Å². The fourth-order valence-electron chi connectivity index (χ4n) is 9.01. The van der Waals surface area contributed by atoms with Crippen LogP contribution in [0, 0.1) is 32.7 Å². The molecule has 4 unspecified atom stereocenters. The number of carbonyl (C=O) groups is 3. The fourth-order valence-corrected chi connectivity index (χ4v) is 9.76. The highest BCUT2D eigenvalue weighted by atomic mass is 127. The molecule has 2 amide bonds. The molecule has 0 aromatic heterocycles. The summed E-state index contributed by atoms with van der Waals surface area (Å²) < 4.78 is 18.2. The summed E-state index contributed by atoms with van der Waals surface area (Å²) in [5.41, 5.74) is 0.832. The van der Waals surface area contributed by atoms with E-state index in [1.54, 1.807) is 18.2 Å². The first-order valence-electron chi connectivity index (χ1n) is 15.9. The predicted octanol–water partition coefficient (Wildman–Crippen LogP) is 3.11. The number of ether oxygens (including phenoxy) is 3. The Hall–Kier alpha value is -2.22. The molecule has 6 aliphatic rings. The number of nitrogens with zero attached hydrogens (tertiary/aromatic N) is 1. The predicted molar refractivity (Wildman–Crippen MR) is 169 cm³/mol. The molecule has 44 heavy (non-hydrogen) atoms. The van der Waals surface area contributed by atoms with Crippen molar-refractivity contribution in [3.05, 3.63) is 32.9 Å². The molecule has 11 heteroatoms. The van der Waals surface area contributed by atoms with Gasteiger partial charge in [0.25, 0.3) is 0 Å². The molecule has 1 aliphatic heterocycles. The molecular formula is C33H43IN2O8. The average molecular weight is 723 g/mol. The first kappa shape index (κ1) is 31.7. The number of hydrogen-bond donors (Lipinski definition) is 3. The molecule has 7 rings (SSSR count). The van der Waals surface area contributed by atoms with Crippen LogP contribution in [0.4, 0.5) is 0 Å². The van der Waals surface area contributed by atoms with Gasteiger partial charge in [0.2, 0.25) is 11.8 Å². The Bertz CT molecular complexity index is 1260. The van der Waals surface area contributed by atoms with Crippen molar-refractivity contribution < 1.29 is 38.8 Å². The van der Waals surface area contributed by atoms with E-state index >= 15 is 0 Å². The van der Waals surface area contributed by atoms with Crippen molar-refractivity contribution in [2.45, 2.75) is 69.6 Å². The number of halogens is 1. The number of hydrogen-bond acceptors (Lipinski definition) is 8. The van der Waals surface area contributed by atoms with Crippen LogP contribution < -0.4 is 14.8 Å². The number of benzene rings is 1. The number of carbonyl (C=O) groups excluding carboxylic acids is 3. The maximum Gasteiger partial charge on any atom is 0.247 e. The topological polar surface area (TPSA) is 135 Å². The summed E-state index contributed by atoms with van der Waals surface area (Å²) in [4.78, 5) is 41.0. The molecule has 4 bridgehead atoms. The van der Waals surface area contributed by atoms with E-state index in [0.717, 1.165) is 25.5 Å². The fraction of sp³-hybridized carbons (Fsp3) is 0.667. The smallest absolute Gasteiger partial charge is 0.247 e. The molecule has 1 aromatic rings. The quantitative estimate of drug-likeness (QED) is 0.235. The van der Waals surface area contributed by atoms with E-state index < -0.39 is 18.2 Å². The number of aliphatic hydroxyl groups excluding tert-OH is 2. The van der Waals surface area contributed by atoms with Crippen LogP contribution in [-0.2, 0) is 14.3 Å². The number of nitrogens with one attached hydrogen (secondary N) is 1. The van der Waals surface area contributed by atoms with Gasteiger partial charge in [0, 0.05) is 37.3 Å². The zero-order valence-corrected chi connectivity index (χ0v) is 27.4. The average Bonchev–Trinajstić information content (AvgIpc) is 3.55. The summed E-state index contributed by atoms with van der Waals surface area (Å²) in [6.07, 6.45) is 8.20. The number of aliphatic hydroxyl groups is 2. The molecular weight excluding hydrogens is 679 g/mol. The van der Waals surface area contributed by atoms with Gasteiger partial charge in [-0.1, -0.05) is 0 Å². The van der Waals surface area contributed by atoms with Crippen LogP contribution in [0.3, 0.4) is 0 Å². The SMILES string of the molecule is COc1cc(C=O)cc(I)c1OC1C=C(C(=O)NCCO)CC(N(CC23CC4CC(CC(C4)C2)C3)C(=O)C2CCOC2)C1O. The highest BCUT2D eigenvalue weighted by Crippen LogP contribution is 2.60. The Kier molecular flexibility index (Phi) is 9.56. The second-order valence-electron chi connectivity index (χ2n) is 13.6. The first-order valence-corrected chi connectivity index (χ1v) is 17.0. The van der Waals surface area contributed by atoms with Gasteiger partial charge >= 0.3 is 0 Å². The van der Waals surface area contributed by atoms with Gasteiger partial charge in [0.05, 0.1) is 35.9 Å². The van der Waals surface area contributed by atoms with E-state index in [-0.39, 0.29) is 42.7 Å². The lowest BCUT2D eigenvalue weighted by Crippen LogP contribution is -2.60. The van der Waals surface area contributed by atoms with E-state index in [1.165, 1.54) is 26.4 Å². The Balaban J connectivity index is 1.35. The molecule has 1 aromatic carbocycles. The van der Waals surface area contributed by atoms with Crippen LogP contribution in [0.5, 0.6) is 11.5 Å². The lowest BCUT2D eigenvalue weighted by molar-refractivity contribution is -0.151. The minimum absolute atomic E-state index is 0.0175. The van der Waals surface area contributed by atoms with Crippen LogP contribution in [0.1, 0.15) is 61.7 Å². The first-order chi connectivity index (χ1) is 21.2. The van der Waals surface area contributed by atoms with Crippen molar-refractivity contribution in [1.82, 2.24) is 10.2 Å². The Morgan fingerprint density at radius 3 is 2.48 bits per heavy atom. The minimum atomic E-state index is -1.13. The van der Waals surface area contributed by atoms with Gasteiger partial charge in [-0.05, 0) is 109 Å². The van der Waals surface area contributed by atoms with Gasteiger partial charge in [-0.3, -0.25) is 14.4 Å². The van der Waals surface area contributed by atoms with Crippen molar-refractivity contribution >= 4 is 40.7 Å². The van der Waals surface area contributed by atoms with E-state index in [0.29, 0.717) is 70.1 Å². The summed E-state index contributed by atoms with van der Waals surface area (Å²) in [6.45, 7) is 1.33. The Morgan fingerprint density at radius 2 is 1.89 bits per heavy atom. The van der Waals surface area contributed by atoms with Crippen LogP contribution >= 0.6 is 22.6 Å². The highest BCUT2D eigenvalue weighted by molar-refractivity contribution is 14.1. The van der Waals surface area contributed by atoms with Gasteiger partial charge in [0.1, 0.15) is 18.5 Å². The molecule has 3 N–H and O–H groups in total. The third-order valence-corrected chi connectivity index (χ3v) is 11.3. The molecule has 4 atom stereocenters. The Morgan fingerprint density at radius 1 is 1.18 bits per heavy atom. The van der Waals surface area contributed by atoms with Crippen molar-refractivity contribution in [3.8, 4) is 11.5 Å². The van der Waals surface area contributed by atoms with Crippen LogP contribution in [0.25, 0.3) is 0 Å². The standard InChI is InChI=1S/C33H43IN2O8/c1-42-28-10-22(16-38)9-25(34)30(28)44-27-12-24(31(40)35-3-4-37)11-26(29(27)39)36(32(41)23-2-5-43-17-23)18-33-13-19-6-20(14-33)8-21(7-19)15-33/h9-10,12,16,19-21,23,26-27,29,37,39H,2-8,11,13-15,17-18H2,1H3,(H,35,40). The van der Waals surface area contributed by atoms with Crippen LogP contribution in [0.2, 0.25) is 0 Å². The van der Waals surface area contributed by atoms with Crippen molar-refractivity contribution in [3.63, 3.8) is 0 Å². The molecule has 1 saturated heterocycles.